The maximum atomic E-state index is 12.9. The lowest BCUT2D eigenvalue weighted by Crippen LogP contribution is -2.26. The molecule has 0 spiro atoms. The summed E-state index contributed by atoms with van der Waals surface area (Å²) in [5.41, 5.74) is 3.04. The molecule has 0 bridgehead atoms. The van der Waals surface area contributed by atoms with Gasteiger partial charge >= 0.3 is 6.36 Å². The van der Waals surface area contributed by atoms with Crippen LogP contribution < -0.4 is 14.8 Å². The maximum Gasteiger partial charge on any atom is 0.573 e. The van der Waals surface area contributed by atoms with E-state index in [0.717, 1.165) is 18.4 Å². The number of aromatic nitrogens is 1. The lowest BCUT2D eigenvalue weighted by Gasteiger charge is -2.22. The van der Waals surface area contributed by atoms with E-state index in [-0.39, 0.29) is 17.8 Å². The normalized spacial score (nSPS) is 14.5. The third-order valence-corrected chi connectivity index (χ3v) is 5.43. The summed E-state index contributed by atoms with van der Waals surface area (Å²) in [5.74, 6) is -0.142. The molecule has 2 aromatic carbocycles. The molecule has 1 aliphatic heterocycles. The molecule has 1 fully saturated rings. The number of anilines is 1. The highest BCUT2D eigenvalue weighted by atomic mass is 19.4. The first-order chi connectivity index (χ1) is 16.3. The van der Waals surface area contributed by atoms with Crippen molar-refractivity contribution >= 4 is 11.6 Å². The van der Waals surface area contributed by atoms with Crippen LogP contribution >= 0.6 is 0 Å². The lowest BCUT2D eigenvalue weighted by molar-refractivity contribution is -0.274. The van der Waals surface area contributed by atoms with Gasteiger partial charge in [-0.05, 0) is 47.9 Å². The Balaban J connectivity index is 1.44. The fourth-order valence-corrected chi connectivity index (χ4v) is 3.72. The molecule has 34 heavy (non-hydrogen) atoms. The first kappa shape index (κ1) is 23.6. The molecule has 1 saturated heterocycles. The number of hydrogen-bond donors (Lipinski definition) is 1. The summed E-state index contributed by atoms with van der Waals surface area (Å²) < 4.78 is 52.3. The molecular weight excluding hydrogens is 449 g/mol. The number of carbonyl (C=O) groups excluding carboxylic acids is 1. The molecule has 1 amide bonds. The van der Waals surface area contributed by atoms with Crippen molar-refractivity contribution < 1.29 is 32.2 Å². The second-order valence-electron chi connectivity index (χ2n) is 7.82. The Morgan fingerprint density at radius 1 is 1.06 bits per heavy atom. The van der Waals surface area contributed by atoms with Gasteiger partial charge in [-0.3, -0.25) is 4.79 Å². The van der Waals surface area contributed by atoms with Gasteiger partial charge in [0.1, 0.15) is 11.9 Å². The number of pyridine rings is 1. The molecule has 0 saturated carbocycles. The minimum absolute atomic E-state index is 0.0705. The molecule has 6 nitrogen and oxygen atoms in total. The smallest absolute Gasteiger partial charge is 0.474 e. The number of alkyl halides is 3. The number of rotatable bonds is 6. The van der Waals surface area contributed by atoms with Gasteiger partial charge in [-0.2, -0.15) is 0 Å². The lowest BCUT2D eigenvalue weighted by atomic mass is 9.96. The van der Waals surface area contributed by atoms with Crippen LogP contribution in [-0.4, -0.2) is 36.6 Å². The monoisotopic (exact) mass is 472 g/mol. The fourth-order valence-electron chi connectivity index (χ4n) is 3.72. The average molecular weight is 472 g/mol. The summed E-state index contributed by atoms with van der Waals surface area (Å²) >= 11 is 0. The van der Waals surface area contributed by atoms with Gasteiger partial charge in [0, 0.05) is 24.5 Å². The Morgan fingerprint density at radius 3 is 2.44 bits per heavy atom. The van der Waals surface area contributed by atoms with Crippen LogP contribution in [0.5, 0.6) is 11.6 Å². The highest BCUT2D eigenvalue weighted by Crippen LogP contribution is 2.30. The van der Waals surface area contributed by atoms with Crippen LogP contribution in [0.15, 0.2) is 60.8 Å². The van der Waals surface area contributed by atoms with E-state index in [0.29, 0.717) is 41.5 Å². The van der Waals surface area contributed by atoms with Crippen molar-refractivity contribution in [2.45, 2.75) is 32.2 Å². The Bertz CT molecular complexity index is 1130. The highest BCUT2D eigenvalue weighted by molar-refractivity contribution is 6.06. The minimum Gasteiger partial charge on any atom is -0.474 e. The SMILES string of the molecule is Cc1c(C(=O)Nc2ccc(OC3CCOCC3)nc2)cccc1-c1ccc(OC(F)(F)F)cc1. The number of halogens is 3. The zero-order valence-electron chi connectivity index (χ0n) is 18.4. The maximum absolute atomic E-state index is 12.9. The van der Waals surface area contributed by atoms with Gasteiger partial charge in [-0.15, -0.1) is 13.2 Å². The molecule has 0 atom stereocenters. The van der Waals surface area contributed by atoms with Crippen molar-refractivity contribution in [3.05, 3.63) is 71.9 Å². The zero-order chi connectivity index (χ0) is 24.1. The molecule has 1 N–H and O–H groups in total. The minimum atomic E-state index is -4.75. The zero-order valence-corrected chi connectivity index (χ0v) is 18.4. The average Bonchev–Trinajstić information content (AvgIpc) is 2.81. The number of carbonyl (C=O) groups is 1. The second kappa shape index (κ2) is 10.1. The predicted octanol–water partition coefficient (Wildman–Crippen LogP) is 5.77. The Labute approximate surface area is 194 Å². The Morgan fingerprint density at radius 2 is 1.79 bits per heavy atom. The van der Waals surface area contributed by atoms with Gasteiger partial charge in [-0.1, -0.05) is 24.3 Å². The van der Waals surface area contributed by atoms with Crippen molar-refractivity contribution in [3.8, 4) is 22.8 Å². The molecule has 1 aromatic heterocycles. The van der Waals surface area contributed by atoms with E-state index >= 15 is 0 Å². The number of amides is 1. The molecule has 3 aromatic rings. The van der Waals surface area contributed by atoms with Crippen LogP contribution in [0.25, 0.3) is 11.1 Å². The molecule has 0 radical (unpaired) electrons. The summed E-state index contributed by atoms with van der Waals surface area (Å²) in [6, 6.07) is 14.2. The van der Waals surface area contributed by atoms with Gasteiger partial charge < -0.3 is 19.5 Å². The molecule has 4 rings (SSSR count). The second-order valence-corrected chi connectivity index (χ2v) is 7.82. The van der Waals surface area contributed by atoms with E-state index in [1.54, 1.807) is 37.3 Å². The van der Waals surface area contributed by atoms with Crippen LogP contribution in [-0.2, 0) is 4.74 Å². The molecule has 2 heterocycles. The molecule has 9 heteroatoms. The van der Waals surface area contributed by atoms with Crippen molar-refractivity contribution in [3.63, 3.8) is 0 Å². The van der Waals surface area contributed by atoms with Crippen LogP contribution in [0.1, 0.15) is 28.8 Å². The van der Waals surface area contributed by atoms with Crippen LogP contribution in [0, 0.1) is 6.92 Å². The van der Waals surface area contributed by atoms with Crippen molar-refractivity contribution in [2.24, 2.45) is 0 Å². The van der Waals surface area contributed by atoms with Gasteiger partial charge in [0.25, 0.3) is 5.91 Å². The number of ether oxygens (including phenoxy) is 3. The molecule has 0 unspecified atom stereocenters. The van der Waals surface area contributed by atoms with E-state index in [4.69, 9.17) is 9.47 Å². The largest absolute Gasteiger partial charge is 0.573 e. The summed E-state index contributed by atoms with van der Waals surface area (Å²) in [7, 11) is 0. The van der Waals surface area contributed by atoms with Gasteiger partial charge in [0.15, 0.2) is 0 Å². The molecule has 0 aliphatic carbocycles. The number of hydrogen-bond acceptors (Lipinski definition) is 5. The van der Waals surface area contributed by atoms with E-state index in [1.165, 1.54) is 30.5 Å². The Hall–Kier alpha value is -3.59. The third kappa shape index (κ3) is 6.05. The standard InChI is InChI=1S/C25H23F3N2O4/c1-16-21(17-5-8-20(9-6-17)34-25(26,27)28)3-2-4-22(16)24(31)30-18-7-10-23(29-15-18)33-19-11-13-32-14-12-19/h2-10,15,19H,11-14H2,1H3,(H,30,31). The first-order valence-corrected chi connectivity index (χ1v) is 10.8. The van der Waals surface area contributed by atoms with Crippen molar-refractivity contribution in [1.29, 1.82) is 0 Å². The molecule has 178 valence electrons. The molecule has 1 aliphatic rings. The topological polar surface area (TPSA) is 69.7 Å². The van der Waals surface area contributed by atoms with Gasteiger partial charge in [-0.25, -0.2) is 4.98 Å². The Kier molecular flexibility index (Phi) is 7.02. The van der Waals surface area contributed by atoms with Gasteiger partial charge in [0.05, 0.1) is 25.1 Å². The highest BCUT2D eigenvalue weighted by Gasteiger charge is 2.31. The summed E-state index contributed by atoms with van der Waals surface area (Å²) in [4.78, 5) is 17.2. The predicted molar refractivity (Wildman–Crippen MR) is 120 cm³/mol. The van der Waals surface area contributed by atoms with Crippen molar-refractivity contribution in [2.75, 3.05) is 18.5 Å². The van der Waals surface area contributed by atoms with E-state index in [9.17, 15) is 18.0 Å². The fraction of sp³-hybridized carbons (Fsp3) is 0.280. The van der Waals surface area contributed by atoms with E-state index in [2.05, 4.69) is 15.0 Å². The first-order valence-electron chi connectivity index (χ1n) is 10.8. The van der Waals surface area contributed by atoms with E-state index < -0.39 is 6.36 Å². The number of benzene rings is 2. The molecular formula is C25H23F3N2O4. The quantitative estimate of drug-likeness (QED) is 0.494. The summed E-state index contributed by atoms with van der Waals surface area (Å²) in [6.07, 6.45) is -1.52. The summed E-state index contributed by atoms with van der Waals surface area (Å²) in [5, 5.41) is 2.82. The van der Waals surface area contributed by atoms with Crippen molar-refractivity contribution in [1.82, 2.24) is 4.98 Å². The van der Waals surface area contributed by atoms with Crippen LogP contribution in [0.2, 0.25) is 0 Å². The number of nitrogens with one attached hydrogen (secondary N) is 1. The van der Waals surface area contributed by atoms with Crippen LogP contribution in [0.3, 0.4) is 0 Å². The van der Waals surface area contributed by atoms with E-state index in [1.807, 2.05) is 0 Å². The summed E-state index contributed by atoms with van der Waals surface area (Å²) in [6.45, 7) is 3.12. The third-order valence-electron chi connectivity index (χ3n) is 5.43. The number of nitrogens with zero attached hydrogens (tertiary/aromatic N) is 1. The van der Waals surface area contributed by atoms with Gasteiger partial charge in [0.2, 0.25) is 5.88 Å². The van der Waals surface area contributed by atoms with Crippen LogP contribution in [0.4, 0.5) is 18.9 Å².